The maximum absolute atomic E-state index is 12.3. The average molecular weight is 361 g/mol. The van der Waals surface area contributed by atoms with E-state index in [0.717, 1.165) is 11.0 Å². The number of hydrogen-bond donors (Lipinski definition) is 0. The van der Waals surface area contributed by atoms with Gasteiger partial charge in [-0.3, -0.25) is 4.31 Å². The van der Waals surface area contributed by atoms with Crippen molar-refractivity contribution in [3.05, 3.63) is 63.2 Å². The number of benzene rings is 1. The van der Waals surface area contributed by atoms with E-state index in [2.05, 4.69) is 0 Å². The molecule has 3 rings (SSSR count). The van der Waals surface area contributed by atoms with Crippen molar-refractivity contribution in [1.29, 1.82) is 0 Å². The van der Waals surface area contributed by atoms with Crippen LogP contribution in [0.4, 0.5) is 5.69 Å². The minimum Gasteiger partial charge on any atom is -0.421 e. The summed E-state index contributed by atoms with van der Waals surface area (Å²) in [5, 5.41) is 2.75. The van der Waals surface area contributed by atoms with Crippen molar-refractivity contribution in [1.82, 2.24) is 0 Å². The highest BCUT2D eigenvalue weighted by atomic mass is 32.2. The zero-order chi connectivity index (χ0) is 17.3. The van der Waals surface area contributed by atoms with Gasteiger partial charge in [0.15, 0.2) is 5.76 Å². The molecule has 2 aromatic rings. The van der Waals surface area contributed by atoms with Gasteiger partial charge in [0.05, 0.1) is 16.0 Å². The number of ether oxygens (including phenoxy) is 1. The van der Waals surface area contributed by atoms with Gasteiger partial charge in [0.25, 0.3) is 10.0 Å². The Morgan fingerprint density at radius 2 is 1.92 bits per heavy atom. The lowest BCUT2D eigenvalue weighted by molar-refractivity contribution is -0.132. The molecule has 0 spiro atoms. The highest BCUT2D eigenvalue weighted by Crippen LogP contribution is 2.39. The van der Waals surface area contributed by atoms with Gasteiger partial charge in [0.2, 0.25) is 0 Å². The summed E-state index contributed by atoms with van der Waals surface area (Å²) >= 11 is 1.32. The van der Waals surface area contributed by atoms with Gasteiger partial charge in [0.1, 0.15) is 0 Å². The number of sulfonamides is 1. The first-order chi connectivity index (χ1) is 11.4. The fourth-order valence-electron chi connectivity index (χ4n) is 2.25. The summed E-state index contributed by atoms with van der Waals surface area (Å²) < 4.78 is 30.8. The van der Waals surface area contributed by atoms with E-state index in [1.165, 1.54) is 22.7 Å². The van der Waals surface area contributed by atoms with Crippen LogP contribution in [0, 0.1) is 0 Å². The standard InChI is InChI=1S/C17H15NO4S2/c1-12(10-13-6-4-3-5-7-13)17(19)22-15-11-24(20,21)18(2)14-8-9-23-16(14)15/h3-11H,1-2H3/b12-10+. The summed E-state index contributed by atoms with van der Waals surface area (Å²) in [6, 6.07) is 11.0. The van der Waals surface area contributed by atoms with Crippen LogP contribution in [0.15, 0.2) is 52.8 Å². The second kappa shape index (κ2) is 6.26. The quantitative estimate of drug-likeness (QED) is 0.620. The fraction of sp³-hybridized carbons (Fsp3) is 0.118. The number of rotatable bonds is 3. The molecule has 24 heavy (non-hydrogen) atoms. The van der Waals surface area contributed by atoms with Crippen LogP contribution in [-0.2, 0) is 19.6 Å². The minimum absolute atomic E-state index is 0.0592. The Bertz CT molecular complexity index is 940. The molecule has 1 aliphatic heterocycles. The van der Waals surface area contributed by atoms with Gasteiger partial charge in [-0.05, 0) is 30.0 Å². The van der Waals surface area contributed by atoms with Crippen molar-refractivity contribution in [2.45, 2.75) is 6.92 Å². The molecular weight excluding hydrogens is 346 g/mol. The van der Waals surface area contributed by atoms with E-state index in [1.807, 2.05) is 30.3 Å². The van der Waals surface area contributed by atoms with Crippen LogP contribution in [0.1, 0.15) is 17.4 Å². The molecule has 7 heteroatoms. The van der Waals surface area contributed by atoms with Crippen LogP contribution in [0.3, 0.4) is 0 Å². The third-order valence-electron chi connectivity index (χ3n) is 3.55. The van der Waals surface area contributed by atoms with Gasteiger partial charge < -0.3 is 4.74 Å². The smallest absolute Gasteiger partial charge is 0.339 e. The normalized spacial score (nSPS) is 16.3. The molecule has 0 aliphatic carbocycles. The van der Waals surface area contributed by atoms with Crippen molar-refractivity contribution in [3.8, 4) is 0 Å². The van der Waals surface area contributed by atoms with Crippen molar-refractivity contribution in [2.24, 2.45) is 0 Å². The SMILES string of the molecule is C/C(=C\c1ccccc1)C(=O)OC1=CS(=O)(=O)N(C)c2ccsc21. The molecule has 5 nitrogen and oxygen atoms in total. The molecular formula is C17H15NO4S2. The largest absolute Gasteiger partial charge is 0.421 e. The first-order valence-corrected chi connectivity index (χ1v) is 9.51. The second-order valence-electron chi connectivity index (χ2n) is 5.26. The Morgan fingerprint density at radius 3 is 2.62 bits per heavy atom. The van der Waals surface area contributed by atoms with Crippen molar-refractivity contribution < 1.29 is 17.9 Å². The lowest BCUT2D eigenvalue weighted by atomic mass is 10.1. The molecule has 0 saturated carbocycles. The number of anilines is 1. The summed E-state index contributed by atoms with van der Waals surface area (Å²) in [5.74, 6) is -0.520. The summed E-state index contributed by atoms with van der Waals surface area (Å²) in [4.78, 5) is 12.9. The van der Waals surface area contributed by atoms with Gasteiger partial charge in [-0.25, -0.2) is 13.2 Å². The molecule has 1 aromatic carbocycles. The van der Waals surface area contributed by atoms with E-state index in [-0.39, 0.29) is 5.76 Å². The molecule has 2 heterocycles. The van der Waals surface area contributed by atoms with Crippen LogP contribution in [0.5, 0.6) is 0 Å². The zero-order valence-corrected chi connectivity index (χ0v) is 14.7. The Labute approximate surface area is 144 Å². The summed E-state index contributed by atoms with van der Waals surface area (Å²) in [6.07, 6.45) is 1.70. The molecule has 0 radical (unpaired) electrons. The predicted octanol–water partition coefficient (Wildman–Crippen LogP) is 3.47. The van der Waals surface area contributed by atoms with Crippen LogP contribution in [0.25, 0.3) is 11.8 Å². The molecule has 0 saturated heterocycles. The third-order valence-corrected chi connectivity index (χ3v) is 5.94. The van der Waals surface area contributed by atoms with E-state index in [4.69, 9.17) is 4.74 Å². The predicted molar refractivity (Wildman–Crippen MR) is 95.8 cm³/mol. The van der Waals surface area contributed by atoms with Crippen LogP contribution >= 0.6 is 11.3 Å². The highest BCUT2D eigenvalue weighted by molar-refractivity contribution is 7.95. The van der Waals surface area contributed by atoms with E-state index in [9.17, 15) is 13.2 Å². The van der Waals surface area contributed by atoms with Crippen molar-refractivity contribution >= 4 is 44.9 Å². The Morgan fingerprint density at radius 1 is 1.21 bits per heavy atom. The van der Waals surface area contributed by atoms with Crippen molar-refractivity contribution in [3.63, 3.8) is 0 Å². The molecule has 1 aliphatic rings. The molecule has 0 bridgehead atoms. The monoisotopic (exact) mass is 361 g/mol. The third kappa shape index (κ3) is 3.13. The summed E-state index contributed by atoms with van der Waals surface area (Å²) in [7, 11) is -2.17. The number of carbonyl (C=O) groups excluding carboxylic acids is 1. The number of carbonyl (C=O) groups is 1. The van der Waals surface area contributed by atoms with Crippen LogP contribution in [-0.4, -0.2) is 21.4 Å². The number of hydrogen-bond acceptors (Lipinski definition) is 5. The zero-order valence-electron chi connectivity index (χ0n) is 13.1. The van der Waals surface area contributed by atoms with E-state index in [1.54, 1.807) is 24.4 Å². The maximum Gasteiger partial charge on any atom is 0.339 e. The number of nitrogens with zero attached hydrogens (tertiary/aromatic N) is 1. The maximum atomic E-state index is 12.3. The summed E-state index contributed by atoms with van der Waals surface area (Å²) in [6.45, 7) is 1.63. The van der Waals surface area contributed by atoms with E-state index >= 15 is 0 Å². The second-order valence-corrected chi connectivity index (χ2v) is 7.99. The van der Waals surface area contributed by atoms with Gasteiger partial charge in [-0.15, -0.1) is 11.3 Å². The van der Waals surface area contributed by atoms with Crippen molar-refractivity contribution in [2.75, 3.05) is 11.4 Å². The van der Waals surface area contributed by atoms with E-state index < -0.39 is 16.0 Å². The topological polar surface area (TPSA) is 63.7 Å². The van der Waals surface area contributed by atoms with Gasteiger partial charge in [0, 0.05) is 12.6 Å². The highest BCUT2D eigenvalue weighted by Gasteiger charge is 2.30. The average Bonchev–Trinajstić information content (AvgIpc) is 3.03. The Kier molecular flexibility index (Phi) is 4.29. The minimum atomic E-state index is -3.64. The first-order valence-electron chi connectivity index (χ1n) is 7.12. The molecule has 0 amide bonds. The molecule has 0 N–H and O–H groups in total. The molecule has 0 unspecified atom stereocenters. The number of thiophene rings is 1. The lowest BCUT2D eigenvalue weighted by Gasteiger charge is -2.23. The first kappa shape index (κ1) is 16.5. The molecule has 1 aromatic heterocycles. The van der Waals surface area contributed by atoms with Crippen LogP contribution < -0.4 is 4.31 Å². The van der Waals surface area contributed by atoms with Crippen LogP contribution in [0.2, 0.25) is 0 Å². The van der Waals surface area contributed by atoms with Gasteiger partial charge >= 0.3 is 5.97 Å². The van der Waals surface area contributed by atoms with Gasteiger partial charge in [-0.2, -0.15) is 0 Å². The Balaban J connectivity index is 1.88. The summed E-state index contributed by atoms with van der Waals surface area (Å²) in [5.41, 5.74) is 1.76. The van der Waals surface area contributed by atoms with Gasteiger partial charge in [-0.1, -0.05) is 30.3 Å². The lowest BCUT2D eigenvalue weighted by Crippen LogP contribution is -2.28. The van der Waals surface area contributed by atoms with E-state index in [0.29, 0.717) is 16.1 Å². The molecule has 0 fully saturated rings. The molecule has 124 valence electrons. The number of esters is 1. The molecule has 0 atom stereocenters. The fourth-order valence-corrected chi connectivity index (χ4v) is 4.28. The Hall–Kier alpha value is -2.38. The number of fused-ring (bicyclic) bond motifs is 1.